The van der Waals surface area contributed by atoms with Crippen molar-refractivity contribution in [3.05, 3.63) is 58.7 Å². The molecule has 2 aromatic carbocycles. The van der Waals surface area contributed by atoms with Gasteiger partial charge in [-0.15, -0.1) is 0 Å². The number of carbonyl (C=O) groups is 3. The summed E-state index contributed by atoms with van der Waals surface area (Å²) in [6.07, 6.45) is 1.02. The standard InChI is InChI=1S/C28H32ClN5O6/c1-33(2)24-14-22(31-28(37)38)21(13-20(24)29)30-26(36)15-25(35)18-8-6-7-17(11-18)23-12-19(32-34(23)3)16-40-27-9-4-5-10-39-27/h6-8,11-14,27,31H,4-5,9-10,15-16H2,1-3H3,(H,30,36)(H,37,38). The number of nitrogens with zero attached hydrogens (tertiary/aromatic N) is 3. The van der Waals surface area contributed by atoms with Gasteiger partial charge in [-0.1, -0.05) is 29.8 Å². The number of ether oxygens (including phenoxy) is 2. The van der Waals surface area contributed by atoms with E-state index >= 15 is 0 Å². The Kier molecular flexibility index (Phi) is 9.41. The van der Waals surface area contributed by atoms with E-state index in [1.54, 1.807) is 41.9 Å². The van der Waals surface area contributed by atoms with Crippen molar-refractivity contribution >= 4 is 46.4 Å². The molecule has 1 aliphatic rings. The predicted molar refractivity (Wildman–Crippen MR) is 152 cm³/mol. The van der Waals surface area contributed by atoms with E-state index in [2.05, 4.69) is 15.7 Å². The Morgan fingerprint density at radius 2 is 1.93 bits per heavy atom. The van der Waals surface area contributed by atoms with Crippen LogP contribution in [0.4, 0.5) is 21.9 Å². The minimum atomic E-state index is -1.30. The van der Waals surface area contributed by atoms with Crippen molar-refractivity contribution in [3.63, 3.8) is 0 Å². The third kappa shape index (κ3) is 7.38. The van der Waals surface area contributed by atoms with E-state index in [4.69, 9.17) is 21.1 Å². The Bertz CT molecular complexity index is 1400. The second-order valence-corrected chi connectivity index (χ2v) is 10.1. The number of nitrogens with one attached hydrogen (secondary N) is 2. The lowest BCUT2D eigenvalue weighted by atomic mass is 10.0. The van der Waals surface area contributed by atoms with Crippen LogP contribution in [0.1, 0.15) is 41.7 Å². The van der Waals surface area contributed by atoms with Crippen LogP contribution in [0.25, 0.3) is 11.3 Å². The Hall–Kier alpha value is -3.93. The molecule has 1 unspecified atom stereocenters. The lowest BCUT2D eigenvalue weighted by Gasteiger charge is -2.22. The zero-order valence-corrected chi connectivity index (χ0v) is 23.3. The minimum Gasteiger partial charge on any atom is -0.465 e. The molecule has 1 aromatic heterocycles. The summed E-state index contributed by atoms with van der Waals surface area (Å²) in [5.41, 5.74) is 3.49. The number of hydrogen-bond acceptors (Lipinski definition) is 7. The van der Waals surface area contributed by atoms with Crippen LogP contribution in [0.5, 0.6) is 0 Å². The molecule has 0 radical (unpaired) electrons. The third-order valence-electron chi connectivity index (χ3n) is 6.37. The molecule has 212 valence electrons. The Balaban J connectivity index is 1.44. The lowest BCUT2D eigenvalue weighted by Crippen LogP contribution is -2.22. The molecule has 1 fully saturated rings. The van der Waals surface area contributed by atoms with Crippen LogP contribution in [0.2, 0.25) is 5.02 Å². The van der Waals surface area contributed by atoms with E-state index in [1.165, 1.54) is 12.1 Å². The first-order valence-electron chi connectivity index (χ1n) is 12.8. The fourth-order valence-electron chi connectivity index (χ4n) is 4.41. The van der Waals surface area contributed by atoms with E-state index in [1.807, 2.05) is 19.2 Å². The molecule has 3 aromatic rings. The van der Waals surface area contributed by atoms with Crippen molar-refractivity contribution in [2.45, 2.75) is 38.6 Å². The van der Waals surface area contributed by atoms with Gasteiger partial charge in [0.15, 0.2) is 12.1 Å². The molecular formula is C28H32ClN5O6. The number of anilines is 3. The summed E-state index contributed by atoms with van der Waals surface area (Å²) < 4.78 is 13.2. The van der Waals surface area contributed by atoms with E-state index in [9.17, 15) is 19.5 Å². The maximum atomic E-state index is 13.0. The molecule has 0 aliphatic carbocycles. The van der Waals surface area contributed by atoms with Gasteiger partial charge in [0.05, 0.1) is 46.5 Å². The smallest absolute Gasteiger partial charge is 0.409 e. The summed E-state index contributed by atoms with van der Waals surface area (Å²) in [6, 6.07) is 11.8. The Morgan fingerprint density at radius 3 is 2.62 bits per heavy atom. The van der Waals surface area contributed by atoms with Crippen LogP contribution >= 0.6 is 11.6 Å². The molecule has 2 heterocycles. The van der Waals surface area contributed by atoms with Gasteiger partial charge >= 0.3 is 6.09 Å². The number of amides is 2. The van der Waals surface area contributed by atoms with Crippen molar-refractivity contribution < 1.29 is 29.0 Å². The largest absolute Gasteiger partial charge is 0.465 e. The number of Topliss-reactive ketones (excluding diaryl/α,β-unsaturated/α-hetero) is 1. The zero-order valence-electron chi connectivity index (χ0n) is 22.6. The average Bonchev–Trinajstić information content (AvgIpc) is 3.29. The van der Waals surface area contributed by atoms with Crippen LogP contribution < -0.4 is 15.5 Å². The number of aryl methyl sites for hydroxylation is 1. The molecule has 1 atom stereocenters. The SMILES string of the molecule is CN(C)c1cc(NC(=O)O)c(NC(=O)CC(=O)c2cccc(-c3cc(COC4CCCCO4)nn3C)c2)cc1Cl. The van der Waals surface area contributed by atoms with E-state index in [0.717, 1.165) is 36.2 Å². The first-order chi connectivity index (χ1) is 19.1. The summed E-state index contributed by atoms with van der Waals surface area (Å²) >= 11 is 6.31. The fraction of sp³-hybridized carbons (Fsp3) is 0.357. The normalized spacial score (nSPS) is 14.9. The van der Waals surface area contributed by atoms with Gasteiger partial charge in [-0.3, -0.25) is 19.6 Å². The van der Waals surface area contributed by atoms with Crippen LogP contribution in [-0.4, -0.2) is 59.7 Å². The maximum absolute atomic E-state index is 13.0. The summed E-state index contributed by atoms with van der Waals surface area (Å²) in [5, 5.41) is 18.9. The number of aromatic nitrogens is 2. The highest BCUT2D eigenvalue weighted by molar-refractivity contribution is 6.34. The summed E-state index contributed by atoms with van der Waals surface area (Å²) in [5.74, 6) is -1.01. The molecule has 11 nitrogen and oxygen atoms in total. The Labute approximate surface area is 237 Å². The first-order valence-corrected chi connectivity index (χ1v) is 13.2. The third-order valence-corrected chi connectivity index (χ3v) is 6.67. The van der Waals surface area contributed by atoms with Gasteiger partial charge in [0.1, 0.15) is 0 Å². The molecule has 40 heavy (non-hydrogen) atoms. The molecule has 0 spiro atoms. The molecule has 12 heteroatoms. The van der Waals surface area contributed by atoms with Crippen molar-refractivity contribution in [3.8, 4) is 11.3 Å². The summed E-state index contributed by atoms with van der Waals surface area (Å²) in [4.78, 5) is 38.8. The van der Waals surface area contributed by atoms with E-state index in [-0.39, 0.29) is 17.7 Å². The molecule has 2 amide bonds. The van der Waals surface area contributed by atoms with Crippen molar-refractivity contribution in [2.24, 2.45) is 7.05 Å². The van der Waals surface area contributed by atoms with Gasteiger partial charge in [0.25, 0.3) is 0 Å². The number of carboxylic acid groups (broad SMARTS) is 1. The summed E-state index contributed by atoms with van der Waals surface area (Å²) in [7, 11) is 5.32. The van der Waals surface area contributed by atoms with Crippen LogP contribution in [0, 0.1) is 0 Å². The van der Waals surface area contributed by atoms with Crippen LogP contribution in [-0.2, 0) is 27.9 Å². The first kappa shape index (κ1) is 29.1. The number of rotatable bonds is 10. The highest BCUT2D eigenvalue weighted by Crippen LogP contribution is 2.34. The number of carbonyl (C=O) groups excluding carboxylic acids is 2. The van der Waals surface area contributed by atoms with Crippen molar-refractivity contribution in [1.29, 1.82) is 0 Å². The topological polar surface area (TPSA) is 135 Å². The zero-order chi connectivity index (χ0) is 28.8. The number of hydrogen-bond donors (Lipinski definition) is 3. The molecular weight excluding hydrogens is 538 g/mol. The Morgan fingerprint density at radius 1 is 1.15 bits per heavy atom. The number of benzene rings is 2. The fourth-order valence-corrected chi connectivity index (χ4v) is 4.74. The van der Waals surface area contributed by atoms with Crippen LogP contribution in [0.15, 0.2) is 42.5 Å². The predicted octanol–water partition coefficient (Wildman–Crippen LogP) is 5.15. The van der Waals surface area contributed by atoms with Gasteiger partial charge in [-0.25, -0.2) is 4.79 Å². The molecule has 1 saturated heterocycles. The summed E-state index contributed by atoms with van der Waals surface area (Å²) in [6.45, 7) is 1.02. The molecule has 0 bridgehead atoms. The van der Waals surface area contributed by atoms with Gasteiger partial charge in [0.2, 0.25) is 5.91 Å². The van der Waals surface area contributed by atoms with Crippen molar-refractivity contribution in [1.82, 2.24) is 9.78 Å². The monoisotopic (exact) mass is 569 g/mol. The molecule has 0 saturated carbocycles. The average molecular weight is 570 g/mol. The highest BCUT2D eigenvalue weighted by Gasteiger charge is 2.19. The van der Waals surface area contributed by atoms with Crippen molar-refractivity contribution in [2.75, 3.05) is 36.2 Å². The van der Waals surface area contributed by atoms with Gasteiger partial charge in [-0.2, -0.15) is 5.10 Å². The van der Waals surface area contributed by atoms with Gasteiger partial charge in [-0.05, 0) is 43.5 Å². The second kappa shape index (κ2) is 12.9. The number of ketones is 1. The molecule has 1 aliphatic heterocycles. The maximum Gasteiger partial charge on any atom is 0.409 e. The quantitative estimate of drug-likeness (QED) is 0.225. The van der Waals surface area contributed by atoms with Gasteiger partial charge < -0.3 is 24.8 Å². The van der Waals surface area contributed by atoms with E-state index < -0.39 is 24.2 Å². The second-order valence-electron chi connectivity index (χ2n) is 9.65. The number of halogens is 1. The highest BCUT2D eigenvalue weighted by atomic mass is 35.5. The van der Waals surface area contributed by atoms with Gasteiger partial charge in [0, 0.05) is 38.9 Å². The molecule has 3 N–H and O–H groups in total. The lowest BCUT2D eigenvalue weighted by molar-refractivity contribution is -0.169. The van der Waals surface area contributed by atoms with E-state index in [0.29, 0.717) is 29.5 Å². The minimum absolute atomic E-state index is 0.134. The van der Waals surface area contributed by atoms with Crippen LogP contribution in [0.3, 0.4) is 0 Å². The molecule has 4 rings (SSSR count).